The van der Waals surface area contributed by atoms with Crippen LogP contribution >= 0.6 is 0 Å². The lowest BCUT2D eigenvalue weighted by Gasteiger charge is -2.05. The predicted molar refractivity (Wildman–Crippen MR) is 244 cm³/mol. The first-order valence-electron chi connectivity index (χ1n) is 25.1. The monoisotopic (exact) mass is 789 g/mol. The van der Waals surface area contributed by atoms with Gasteiger partial charge in [-0.2, -0.15) is 8.42 Å². The molecule has 0 unspecified atom stereocenters. The average molecular weight is 789 g/mol. The van der Waals surface area contributed by atoms with E-state index >= 15 is 0 Å². The minimum Gasteiger partial charge on any atom is -0.282 e. The topological polar surface area (TPSA) is 54.4 Å². The molecule has 1 rings (SSSR count). The van der Waals surface area contributed by atoms with Gasteiger partial charge in [0.15, 0.2) is 0 Å². The second-order valence-electron chi connectivity index (χ2n) is 17.7. The molecule has 1 N–H and O–H groups in total. The SMILES string of the molecule is CCCCCCCCCCCCCCCCCCCCCCCCCCCCCCCCCCCCCCCCCCCCCc1cccc(S(=O)(=O)O)c1. The highest BCUT2D eigenvalue weighted by Crippen LogP contribution is 2.19. The Morgan fingerprint density at radius 2 is 0.564 bits per heavy atom. The summed E-state index contributed by atoms with van der Waals surface area (Å²) in [5.41, 5.74) is 0.993. The summed E-state index contributed by atoms with van der Waals surface area (Å²) in [5, 5.41) is 0. The van der Waals surface area contributed by atoms with Crippen molar-refractivity contribution in [2.45, 2.75) is 294 Å². The van der Waals surface area contributed by atoms with Gasteiger partial charge in [-0.3, -0.25) is 4.55 Å². The maximum atomic E-state index is 11.3. The molecule has 0 heterocycles. The van der Waals surface area contributed by atoms with Crippen LogP contribution < -0.4 is 0 Å². The molecule has 0 saturated heterocycles. The molecule has 0 aliphatic carbocycles. The third kappa shape index (κ3) is 38.4. The first kappa shape index (κ1) is 52.1. The molecule has 0 aromatic heterocycles. The summed E-state index contributed by atoms with van der Waals surface area (Å²) in [6, 6.07) is 6.71. The van der Waals surface area contributed by atoms with E-state index < -0.39 is 10.1 Å². The summed E-state index contributed by atoms with van der Waals surface area (Å²) in [6.45, 7) is 2.31. The fourth-order valence-corrected chi connectivity index (χ4v) is 9.06. The van der Waals surface area contributed by atoms with Crippen molar-refractivity contribution in [3.8, 4) is 0 Å². The summed E-state index contributed by atoms with van der Waals surface area (Å²) in [6.07, 6.45) is 62.6. The number of benzene rings is 1. The Balaban J connectivity index is 1.65. The van der Waals surface area contributed by atoms with Crippen molar-refractivity contribution in [3.05, 3.63) is 29.8 Å². The Bertz CT molecular complexity index is 1000. The van der Waals surface area contributed by atoms with E-state index in [-0.39, 0.29) is 4.90 Å². The normalized spacial score (nSPS) is 11.9. The molecular formula is C51H96O3S. The van der Waals surface area contributed by atoms with Gasteiger partial charge in [0, 0.05) is 0 Å². The molecule has 1 aromatic carbocycles. The molecule has 55 heavy (non-hydrogen) atoms. The molecule has 0 radical (unpaired) electrons. The van der Waals surface area contributed by atoms with Crippen molar-refractivity contribution in [1.29, 1.82) is 0 Å². The van der Waals surface area contributed by atoms with Crippen molar-refractivity contribution < 1.29 is 13.0 Å². The highest BCUT2D eigenvalue weighted by Gasteiger charge is 2.09. The largest absolute Gasteiger partial charge is 0.294 e. The standard InChI is InChI=1S/C51H96O3S/c1-2-3-4-5-6-7-8-9-10-11-12-13-14-15-16-17-18-19-20-21-22-23-24-25-26-27-28-29-30-31-32-33-34-35-36-37-38-39-40-41-42-43-44-46-50-47-45-48-51(49-50)55(52,53)54/h45,47-49H,2-44,46H2,1H3,(H,52,53,54). The second-order valence-corrected chi connectivity index (χ2v) is 19.1. The van der Waals surface area contributed by atoms with E-state index in [1.807, 2.05) is 6.07 Å². The van der Waals surface area contributed by atoms with Crippen LogP contribution in [0, 0.1) is 0 Å². The fourth-order valence-electron chi connectivity index (χ4n) is 8.51. The number of hydrogen-bond donors (Lipinski definition) is 1. The molecule has 0 aliphatic heterocycles. The Hall–Kier alpha value is -0.870. The van der Waals surface area contributed by atoms with Gasteiger partial charge in [0.2, 0.25) is 0 Å². The van der Waals surface area contributed by atoms with Crippen LogP contribution in [0.5, 0.6) is 0 Å². The van der Waals surface area contributed by atoms with Crippen LogP contribution in [-0.2, 0) is 16.5 Å². The zero-order valence-electron chi connectivity index (χ0n) is 37.1. The lowest BCUT2D eigenvalue weighted by molar-refractivity contribution is 0.483. The van der Waals surface area contributed by atoms with E-state index in [4.69, 9.17) is 0 Å². The minimum atomic E-state index is -4.10. The van der Waals surface area contributed by atoms with Crippen LogP contribution in [0.3, 0.4) is 0 Å². The third-order valence-electron chi connectivity index (χ3n) is 12.3. The number of hydrogen-bond acceptors (Lipinski definition) is 2. The van der Waals surface area contributed by atoms with Crippen molar-refractivity contribution in [2.75, 3.05) is 0 Å². The van der Waals surface area contributed by atoms with Gasteiger partial charge in [0.25, 0.3) is 10.1 Å². The Morgan fingerprint density at radius 3 is 0.782 bits per heavy atom. The Labute approximate surface area is 345 Å². The number of aryl methyl sites for hydroxylation is 1. The zero-order chi connectivity index (χ0) is 39.6. The maximum Gasteiger partial charge on any atom is 0.294 e. The summed E-state index contributed by atoms with van der Waals surface area (Å²) >= 11 is 0. The average Bonchev–Trinajstić information content (AvgIpc) is 3.18. The lowest BCUT2D eigenvalue weighted by atomic mass is 10.0. The Morgan fingerprint density at radius 1 is 0.345 bits per heavy atom. The number of rotatable bonds is 45. The van der Waals surface area contributed by atoms with Crippen LogP contribution in [0.1, 0.15) is 289 Å². The Kier molecular flexibility index (Phi) is 39.2. The molecule has 0 fully saturated rings. The van der Waals surface area contributed by atoms with Crippen LogP contribution in [0.2, 0.25) is 0 Å². The van der Waals surface area contributed by atoms with Crippen LogP contribution in [-0.4, -0.2) is 13.0 Å². The molecule has 0 aliphatic rings. The van der Waals surface area contributed by atoms with Gasteiger partial charge in [-0.15, -0.1) is 0 Å². The first-order chi connectivity index (χ1) is 27.0. The van der Waals surface area contributed by atoms with E-state index in [2.05, 4.69) is 6.92 Å². The molecular weight excluding hydrogens is 693 g/mol. The smallest absolute Gasteiger partial charge is 0.282 e. The lowest BCUT2D eigenvalue weighted by Crippen LogP contribution is -1.98. The van der Waals surface area contributed by atoms with Crippen LogP contribution in [0.15, 0.2) is 29.2 Å². The molecule has 0 atom stereocenters. The highest BCUT2D eigenvalue weighted by molar-refractivity contribution is 7.85. The molecule has 3 nitrogen and oxygen atoms in total. The van der Waals surface area contributed by atoms with E-state index in [9.17, 15) is 13.0 Å². The molecule has 4 heteroatoms. The van der Waals surface area contributed by atoms with Crippen LogP contribution in [0.25, 0.3) is 0 Å². The maximum absolute atomic E-state index is 11.3. The van der Waals surface area contributed by atoms with E-state index in [1.54, 1.807) is 12.1 Å². The first-order valence-corrected chi connectivity index (χ1v) is 26.5. The van der Waals surface area contributed by atoms with Gasteiger partial charge in [-0.25, -0.2) is 0 Å². The van der Waals surface area contributed by atoms with Gasteiger partial charge >= 0.3 is 0 Å². The van der Waals surface area contributed by atoms with Gasteiger partial charge in [0.1, 0.15) is 0 Å². The highest BCUT2D eigenvalue weighted by atomic mass is 32.2. The van der Waals surface area contributed by atoms with E-state index in [0.29, 0.717) is 0 Å². The summed E-state index contributed by atoms with van der Waals surface area (Å²) < 4.78 is 31.8. The molecule has 0 spiro atoms. The minimum absolute atomic E-state index is 0.00661. The van der Waals surface area contributed by atoms with Crippen molar-refractivity contribution in [2.24, 2.45) is 0 Å². The quantitative estimate of drug-likeness (QED) is 0.0529. The number of unbranched alkanes of at least 4 members (excludes halogenated alkanes) is 42. The molecule has 1 aromatic rings. The fraction of sp³-hybridized carbons (Fsp3) is 0.882. The zero-order valence-corrected chi connectivity index (χ0v) is 37.9. The van der Waals surface area contributed by atoms with Gasteiger partial charge < -0.3 is 0 Å². The van der Waals surface area contributed by atoms with Crippen molar-refractivity contribution in [1.82, 2.24) is 0 Å². The van der Waals surface area contributed by atoms with E-state index in [1.165, 1.54) is 276 Å². The summed E-state index contributed by atoms with van der Waals surface area (Å²) in [7, 11) is -4.10. The summed E-state index contributed by atoms with van der Waals surface area (Å²) in [4.78, 5) is 0.00661. The van der Waals surface area contributed by atoms with Crippen LogP contribution in [0.4, 0.5) is 0 Å². The van der Waals surface area contributed by atoms with E-state index in [0.717, 1.165) is 18.4 Å². The summed E-state index contributed by atoms with van der Waals surface area (Å²) in [5.74, 6) is 0. The molecule has 0 saturated carbocycles. The second kappa shape index (κ2) is 41.3. The van der Waals surface area contributed by atoms with Gasteiger partial charge in [0.05, 0.1) is 4.90 Å². The molecule has 324 valence electrons. The molecule has 0 bridgehead atoms. The predicted octanol–water partition coefficient (Wildman–Crippen LogP) is 18.3. The van der Waals surface area contributed by atoms with Gasteiger partial charge in [-0.05, 0) is 30.5 Å². The molecule has 0 amide bonds. The van der Waals surface area contributed by atoms with Crippen molar-refractivity contribution in [3.63, 3.8) is 0 Å². The van der Waals surface area contributed by atoms with Gasteiger partial charge in [-0.1, -0.05) is 289 Å². The van der Waals surface area contributed by atoms with Crippen molar-refractivity contribution >= 4 is 10.1 Å². The third-order valence-corrected chi connectivity index (χ3v) is 13.1.